The van der Waals surface area contributed by atoms with E-state index in [4.69, 9.17) is 0 Å². The van der Waals surface area contributed by atoms with E-state index in [1.165, 1.54) is 10.4 Å². The molecule has 4 heteroatoms. The standard InChI is InChI=1S/C15H21N3S/c1-18(10-6-14-4-7-16-8-5-14)11-9-17-13-15-3-2-12-19-15/h2-5,7-8,12,17H,6,9-11,13H2,1H3. The van der Waals surface area contributed by atoms with Crippen LogP contribution in [0.25, 0.3) is 0 Å². The Kier molecular flexibility index (Phi) is 6.01. The summed E-state index contributed by atoms with van der Waals surface area (Å²) >= 11 is 1.81. The molecule has 0 aliphatic rings. The van der Waals surface area contributed by atoms with Crippen molar-refractivity contribution >= 4 is 11.3 Å². The monoisotopic (exact) mass is 275 g/mol. The van der Waals surface area contributed by atoms with Crippen LogP contribution >= 0.6 is 11.3 Å². The Bertz CT molecular complexity index is 442. The zero-order valence-electron chi connectivity index (χ0n) is 11.4. The molecule has 102 valence electrons. The van der Waals surface area contributed by atoms with E-state index < -0.39 is 0 Å². The van der Waals surface area contributed by atoms with Gasteiger partial charge in [-0.05, 0) is 42.6 Å². The minimum Gasteiger partial charge on any atom is -0.311 e. The Labute approximate surface area is 119 Å². The van der Waals surface area contributed by atoms with Crippen LogP contribution in [-0.4, -0.2) is 36.6 Å². The number of pyridine rings is 1. The Balaban J connectivity index is 1.56. The molecule has 0 aliphatic carbocycles. The lowest BCUT2D eigenvalue weighted by atomic mass is 10.2. The molecule has 0 saturated heterocycles. The van der Waals surface area contributed by atoms with Crippen molar-refractivity contribution in [3.63, 3.8) is 0 Å². The second kappa shape index (κ2) is 8.04. The Morgan fingerprint density at radius 3 is 2.79 bits per heavy atom. The highest BCUT2D eigenvalue weighted by Crippen LogP contribution is 2.07. The van der Waals surface area contributed by atoms with Crippen LogP contribution in [0.1, 0.15) is 10.4 Å². The van der Waals surface area contributed by atoms with Crippen LogP contribution < -0.4 is 5.32 Å². The van der Waals surface area contributed by atoms with Crippen LogP contribution in [0.4, 0.5) is 0 Å². The summed E-state index contributed by atoms with van der Waals surface area (Å²) in [5.41, 5.74) is 1.35. The molecule has 0 radical (unpaired) electrons. The molecule has 0 spiro atoms. The minimum atomic E-state index is 0.982. The average Bonchev–Trinajstić information content (AvgIpc) is 2.96. The second-order valence-corrected chi connectivity index (χ2v) is 5.70. The number of nitrogens with zero attached hydrogens (tertiary/aromatic N) is 2. The highest BCUT2D eigenvalue weighted by atomic mass is 32.1. The molecule has 19 heavy (non-hydrogen) atoms. The van der Waals surface area contributed by atoms with Gasteiger partial charge in [-0.1, -0.05) is 6.07 Å². The summed E-state index contributed by atoms with van der Waals surface area (Å²) in [4.78, 5) is 7.80. The van der Waals surface area contributed by atoms with Gasteiger partial charge in [0, 0.05) is 43.4 Å². The molecule has 2 rings (SSSR count). The topological polar surface area (TPSA) is 28.2 Å². The van der Waals surface area contributed by atoms with Crippen LogP contribution in [0.5, 0.6) is 0 Å². The van der Waals surface area contributed by atoms with Crippen molar-refractivity contribution in [3.05, 3.63) is 52.5 Å². The second-order valence-electron chi connectivity index (χ2n) is 4.66. The van der Waals surface area contributed by atoms with Gasteiger partial charge in [-0.3, -0.25) is 4.98 Å². The van der Waals surface area contributed by atoms with E-state index in [0.29, 0.717) is 0 Å². The smallest absolute Gasteiger partial charge is 0.0300 e. The number of likely N-dealkylation sites (N-methyl/N-ethyl adjacent to an activating group) is 1. The molecule has 2 heterocycles. The molecule has 0 amide bonds. The van der Waals surface area contributed by atoms with Crippen LogP contribution in [0, 0.1) is 0 Å². The van der Waals surface area contributed by atoms with E-state index in [-0.39, 0.29) is 0 Å². The predicted molar refractivity (Wildman–Crippen MR) is 81.5 cm³/mol. The summed E-state index contributed by atoms with van der Waals surface area (Å²) in [7, 11) is 2.17. The molecule has 0 bridgehead atoms. The number of hydrogen-bond donors (Lipinski definition) is 1. The van der Waals surface area contributed by atoms with Gasteiger partial charge in [0.15, 0.2) is 0 Å². The molecule has 0 atom stereocenters. The lowest BCUT2D eigenvalue weighted by Gasteiger charge is -2.16. The highest BCUT2D eigenvalue weighted by molar-refractivity contribution is 7.09. The lowest BCUT2D eigenvalue weighted by molar-refractivity contribution is 0.335. The van der Waals surface area contributed by atoms with Crippen LogP contribution in [0.2, 0.25) is 0 Å². The van der Waals surface area contributed by atoms with Gasteiger partial charge in [0.25, 0.3) is 0 Å². The molecule has 0 aliphatic heterocycles. The molecule has 3 nitrogen and oxygen atoms in total. The van der Waals surface area contributed by atoms with Gasteiger partial charge >= 0.3 is 0 Å². The average molecular weight is 275 g/mol. The summed E-state index contributed by atoms with van der Waals surface area (Å²) in [6.45, 7) is 4.18. The van der Waals surface area contributed by atoms with E-state index in [2.05, 4.69) is 51.9 Å². The lowest BCUT2D eigenvalue weighted by Crippen LogP contribution is -2.30. The fourth-order valence-electron chi connectivity index (χ4n) is 1.88. The first-order chi connectivity index (χ1) is 9.34. The van der Waals surface area contributed by atoms with Gasteiger partial charge in [-0.2, -0.15) is 0 Å². The summed E-state index contributed by atoms with van der Waals surface area (Å²) in [5, 5.41) is 5.60. The number of aromatic nitrogens is 1. The number of thiophene rings is 1. The van der Waals surface area contributed by atoms with Crippen molar-refractivity contribution in [1.82, 2.24) is 15.2 Å². The SMILES string of the molecule is CN(CCNCc1cccs1)CCc1ccncc1. The van der Waals surface area contributed by atoms with Crippen molar-refractivity contribution in [1.29, 1.82) is 0 Å². The fraction of sp³-hybridized carbons (Fsp3) is 0.400. The molecule has 1 N–H and O–H groups in total. The normalized spacial score (nSPS) is 11.1. The number of nitrogens with one attached hydrogen (secondary N) is 1. The third-order valence-electron chi connectivity index (χ3n) is 3.08. The third-order valence-corrected chi connectivity index (χ3v) is 3.96. The van der Waals surface area contributed by atoms with E-state index >= 15 is 0 Å². The first-order valence-corrected chi connectivity index (χ1v) is 7.53. The zero-order valence-corrected chi connectivity index (χ0v) is 12.2. The Morgan fingerprint density at radius 2 is 2.05 bits per heavy atom. The van der Waals surface area contributed by atoms with Gasteiger partial charge in [-0.15, -0.1) is 11.3 Å². The van der Waals surface area contributed by atoms with Crippen molar-refractivity contribution < 1.29 is 0 Å². The van der Waals surface area contributed by atoms with E-state index in [1.807, 2.05) is 23.7 Å². The summed E-state index contributed by atoms with van der Waals surface area (Å²) in [5.74, 6) is 0. The fourth-order valence-corrected chi connectivity index (χ4v) is 2.55. The van der Waals surface area contributed by atoms with E-state index in [1.54, 1.807) is 0 Å². The summed E-state index contributed by atoms with van der Waals surface area (Å²) in [6.07, 6.45) is 4.81. The Hall–Kier alpha value is -1.23. The first-order valence-electron chi connectivity index (χ1n) is 6.65. The summed E-state index contributed by atoms with van der Waals surface area (Å²) in [6, 6.07) is 8.44. The van der Waals surface area contributed by atoms with Crippen molar-refractivity contribution in [2.45, 2.75) is 13.0 Å². The molecule has 0 fully saturated rings. The first kappa shape index (κ1) is 14.2. The predicted octanol–water partition coefficient (Wildman–Crippen LogP) is 2.41. The van der Waals surface area contributed by atoms with Gasteiger partial charge < -0.3 is 10.2 Å². The van der Waals surface area contributed by atoms with Crippen molar-refractivity contribution in [2.24, 2.45) is 0 Å². The van der Waals surface area contributed by atoms with Gasteiger partial charge in [0.05, 0.1) is 0 Å². The molecule has 2 aromatic rings. The highest BCUT2D eigenvalue weighted by Gasteiger charge is 1.99. The van der Waals surface area contributed by atoms with E-state index in [0.717, 1.165) is 32.6 Å². The maximum Gasteiger partial charge on any atom is 0.0300 e. The van der Waals surface area contributed by atoms with Crippen molar-refractivity contribution in [3.8, 4) is 0 Å². The quantitative estimate of drug-likeness (QED) is 0.750. The maximum atomic E-state index is 4.03. The van der Waals surface area contributed by atoms with Crippen LogP contribution in [-0.2, 0) is 13.0 Å². The van der Waals surface area contributed by atoms with Crippen molar-refractivity contribution in [2.75, 3.05) is 26.7 Å². The maximum absolute atomic E-state index is 4.03. The minimum absolute atomic E-state index is 0.982. The number of rotatable bonds is 8. The molecule has 0 unspecified atom stereocenters. The molecule has 2 aromatic heterocycles. The zero-order chi connectivity index (χ0) is 13.3. The Morgan fingerprint density at radius 1 is 1.21 bits per heavy atom. The number of hydrogen-bond acceptors (Lipinski definition) is 4. The molecule has 0 saturated carbocycles. The summed E-state index contributed by atoms with van der Waals surface area (Å²) < 4.78 is 0. The third kappa shape index (κ3) is 5.51. The van der Waals surface area contributed by atoms with Gasteiger partial charge in [0.2, 0.25) is 0 Å². The molecular weight excluding hydrogens is 254 g/mol. The van der Waals surface area contributed by atoms with Crippen LogP contribution in [0.15, 0.2) is 42.0 Å². The molecular formula is C15H21N3S. The largest absolute Gasteiger partial charge is 0.311 e. The van der Waals surface area contributed by atoms with Gasteiger partial charge in [-0.25, -0.2) is 0 Å². The van der Waals surface area contributed by atoms with Gasteiger partial charge in [0.1, 0.15) is 0 Å². The molecule has 0 aromatic carbocycles. The van der Waals surface area contributed by atoms with Crippen LogP contribution in [0.3, 0.4) is 0 Å². The van der Waals surface area contributed by atoms with E-state index in [9.17, 15) is 0 Å².